The standard InChI is InChI=1S/C15H17NO2/c1-10(15(17)18)14-8-12-4-2-3-5-13(12)16(14)9-11-6-7-11/h2-5,8,10-11H,6-7,9H2,1H3,(H,17,18). The molecule has 1 aromatic carbocycles. The second-order valence-corrected chi connectivity index (χ2v) is 5.24. The van der Waals surface area contributed by atoms with Crippen LogP contribution in [0.3, 0.4) is 0 Å². The van der Waals surface area contributed by atoms with Crippen LogP contribution in [0.5, 0.6) is 0 Å². The molecule has 1 unspecified atom stereocenters. The first-order valence-electron chi connectivity index (χ1n) is 6.48. The van der Waals surface area contributed by atoms with E-state index in [1.54, 1.807) is 6.92 Å². The Morgan fingerprint density at radius 2 is 2.17 bits per heavy atom. The highest BCUT2D eigenvalue weighted by Gasteiger charge is 2.26. The summed E-state index contributed by atoms with van der Waals surface area (Å²) in [4.78, 5) is 11.2. The Morgan fingerprint density at radius 1 is 1.44 bits per heavy atom. The first-order chi connectivity index (χ1) is 8.66. The molecule has 94 valence electrons. The van der Waals surface area contributed by atoms with E-state index in [4.69, 9.17) is 0 Å². The molecule has 1 aliphatic carbocycles. The molecule has 0 spiro atoms. The summed E-state index contributed by atoms with van der Waals surface area (Å²) in [5.74, 6) is -0.466. The zero-order valence-corrected chi connectivity index (χ0v) is 10.5. The van der Waals surface area contributed by atoms with Crippen LogP contribution in [0.15, 0.2) is 30.3 Å². The monoisotopic (exact) mass is 243 g/mol. The average molecular weight is 243 g/mol. The van der Waals surface area contributed by atoms with Gasteiger partial charge < -0.3 is 9.67 Å². The van der Waals surface area contributed by atoms with E-state index in [2.05, 4.69) is 16.7 Å². The molecule has 18 heavy (non-hydrogen) atoms. The predicted molar refractivity (Wildman–Crippen MR) is 70.7 cm³/mol. The zero-order chi connectivity index (χ0) is 12.7. The minimum atomic E-state index is -0.755. The summed E-state index contributed by atoms with van der Waals surface area (Å²) in [5.41, 5.74) is 2.09. The lowest BCUT2D eigenvalue weighted by atomic mass is 10.1. The van der Waals surface area contributed by atoms with Crippen LogP contribution in [-0.4, -0.2) is 15.6 Å². The molecule has 0 saturated heterocycles. The van der Waals surface area contributed by atoms with E-state index in [9.17, 15) is 9.90 Å². The van der Waals surface area contributed by atoms with Gasteiger partial charge >= 0.3 is 5.97 Å². The fraction of sp³-hybridized carbons (Fsp3) is 0.400. The fourth-order valence-corrected chi connectivity index (χ4v) is 2.48. The Balaban J connectivity index is 2.12. The first-order valence-corrected chi connectivity index (χ1v) is 6.48. The van der Waals surface area contributed by atoms with E-state index in [-0.39, 0.29) is 0 Å². The molecular weight excluding hydrogens is 226 g/mol. The maximum atomic E-state index is 11.2. The molecule has 1 N–H and O–H groups in total. The average Bonchev–Trinajstić information content (AvgIpc) is 3.10. The Bertz CT molecular complexity index is 596. The van der Waals surface area contributed by atoms with E-state index in [1.165, 1.54) is 12.8 Å². The van der Waals surface area contributed by atoms with Gasteiger partial charge in [-0.15, -0.1) is 0 Å². The van der Waals surface area contributed by atoms with Crippen LogP contribution < -0.4 is 0 Å². The third-order valence-electron chi connectivity index (χ3n) is 3.79. The molecular formula is C15H17NO2. The molecule has 1 fully saturated rings. The number of aromatic nitrogens is 1. The van der Waals surface area contributed by atoms with Crippen molar-refractivity contribution in [1.82, 2.24) is 4.57 Å². The quantitative estimate of drug-likeness (QED) is 0.895. The second kappa shape index (κ2) is 4.16. The minimum Gasteiger partial charge on any atom is -0.481 e. The van der Waals surface area contributed by atoms with Gasteiger partial charge in [-0.3, -0.25) is 4.79 Å². The van der Waals surface area contributed by atoms with Gasteiger partial charge in [0.05, 0.1) is 5.92 Å². The maximum absolute atomic E-state index is 11.2. The number of carbonyl (C=O) groups is 1. The topological polar surface area (TPSA) is 42.2 Å². The summed E-state index contributed by atoms with van der Waals surface area (Å²) in [6.07, 6.45) is 2.54. The third kappa shape index (κ3) is 1.90. The lowest BCUT2D eigenvalue weighted by Gasteiger charge is -2.13. The Hall–Kier alpha value is -1.77. The number of carboxylic acid groups (broad SMARTS) is 1. The molecule has 3 heteroatoms. The van der Waals surface area contributed by atoms with Crippen LogP contribution in [0.1, 0.15) is 31.4 Å². The molecule has 0 radical (unpaired) electrons. The molecule has 0 aliphatic heterocycles. The molecule has 1 saturated carbocycles. The van der Waals surface area contributed by atoms with Gasteiger partial charge in [-0.2, -0.15) is 0 Å². The highest BCUT2D eigenvalue weighted by atomic mass is 16.4. The molecule has 2 aromatic rings. The van der Waals surface area contributed by atoms with Gasteiger partial charge in [-0.05, 0) is 43.2 Å². The number of hydrogen-bond donors (Lipinski definition) is 1. The number of aliphatic carboxylic acids is 1. The van der Waals surface area contributed by atoms with Crippen LogP contribution >= 0.6 is 0 Å². The molecule has 0 bridgehead atoms. The summed E-state index contributed by atoms with van der Waals surface area (Å²) >= 11 is 0. The van der Waals surface area contributed by atoms with Gasteiger partial charge in [0.25, 0.3) is 0 Å². The molecule has 3 rings (SSSR count). The van der Waals surface area contributed by atoms with Gasteiger partial charge in [0, 0.05) is 17.8 Å². The van der Waals surface area contributed by atoms with Gasteiger partial charge in [0.1, 0.15) is 0 Å². The molecule has 3 nitrogen and oxygen atoms in total. The summed E-state index contributed by atoms with van der Waals surface area (Å²) in [6, 6.07) is 10.2. The number of nitrogens with zero attached hydrogens (tertiary/aromatic N) is 1. The molecule has 1 aliphatic rings. The van der Waals surface area contributed by atoms with Gasteiger partial charge in [-0.1, -0.05) is 18.2 Å². The molecule has 1 atom stereocenters. The van der Waals surface area contributed by atoms with Crippen LogP contribution in [0, 0.1) is 5.92 Å². The fourth-order valence-electron chi connectivity index (χ4n) is 2.48. The van der Waals surface area contributed by atoms with Crippen molar-refractivity contribution in [3.8, 4) is 0 Å². The van der Waals surface area contributed by atoms with Crippen LogP contribution in [0.25, 0.3) is 10.9 Å². The van der Waals surface area contributed by atoms with Crippen molar-refractivity contribution in [2.24, 2.45) is 5.92 Å². The molecule has 1 heterocycles. The number of para-hydroxylation sites is 1. The summed E-state index contributed by atoms with van der Waals surface area (Å²) in [5, 5.41) is 10.4. The van der Waals surface area contributed by atoms with E-state index >= 15 is 0 Å². The smallest absolute Gasteiger partial charge is 0.312 e. The van der Waals surface area contributed by atoms with Crippen molar-refractivity contribution in [2.75, 3.05) is 0 Å². The highest BCUT2D eigenvalue weighted by molar-refractivity contribution is 5.84. The SMILES string of the molecule is CC(C(=O)O)c1cc2ccccc2n1CC1CC1. The van der Waals surface area contributed by atoms with Gasteiger partial charge in [0.15, 0.2) is 0 Å². The van der Waals surface area contributed by atoms with Crippen molar-refractivity contribution in [3.63, 3.8) is 0 Å². The van der Waals surface area contributed by atoms with Gasteiger partial charge in [-0.25, -0.2) is 0 Å². The van der Waals surface area contributed by atoms with Crippen LogP contribution in [0.4, 0.5) is 0 Å². The number of carboxylic acids is 1. The summed E-state index contributed by atoms with van der Waals surface area (Å²) in [6.45, 7) is 2.72. The number of rotatable bonds is 4. The van der Waals surface area contributed by atoms with Crippen molar-refractivity contribution < 1.29 is 9.90 Å². The van der Waals surface area contributed by atoms with E-state index in [0.717, 1.165) is 29.1 Å². The molecule has 1 aromatic heterocycles. The normalized spacial score (nSPS) is 16.9. The lowest BCUT2D eigenvalue weighted by molar-refractivity contribution is -0.138. The minimum absolute atomic E-state index is 0.448. The number of benzene rings is 1. The number of hydrogen-bond acceptors (Lipinski definition) is 1. The van der Waals surface area contributed by atoms with E-state index in [0.29, 0.717) is 0 Å². The maximum Gasteiger partial charge on any atom is 0.312 e. The largest absolute Gasteiger partial charge is 0.481 e. The second-order valence-electron chi connectivity index (χ2n) is 5.24. The van der Waals surface area contributed by atoms with Crippen molar-refractivity contribution in [3.05, 3.63) is 36.0 Å². The van der Waals surface area contributed by atoms with Gasteiger partial charge in [0.2, 0.25) is 0 Å². The predicted octanol–water partition coefficient (Wildman–Crippen LogP) is 3.24. The Morgan fingerprint density at radius 3 is 2.83 bits per heavy atom. The van der Waals surface area contributed by atoms with Crippen LogP contribution in [0.2, 0.25) is 0 Å². The Kier molecular flexibility index (Phi) is 2.62. The molecule has 0 amide bonds. The summed E-state index contributed by atoms with van der Waals surface area (Å²) < 4.78 is 2.20. The van der Waals surface area contributed by atoms with Crippen LogP contribution in [-0.2, 0) is 11.3 Å². The summed E-state index contributed by atoms with van der Waals surface area (Å²) in [7, 11) is 0. The lowest BCUT2D eigenvalue weighted by Crippen LogP contribution is -2.13. The van der Waals surface area contributed by atoms with Crippen molar-refractivity contribution >= 4 is 16.9 Å². The first kappa shape index (κ1) is 11.3. The van der Waals surface area contributed by atoms with Crippen molar-refractivity contribution in [2.45, 2.75) is 32.2 Å². The number of fused-ring (bicyclic) bond motifs is 1. The third-order valence-corrected chi connectivity index (χ3v) is 3.79. The zero-order valence-electron chi connectivity index (χ0n) is 10.5. The van der Waals surface area contributed by atoms with Crippen molar-refractivity contribution in [1.29, 1.82) is 0 Å². The Labute approximate surface area is 106 Å². The van der Waals surface area contributed by atoms with E-state index < -0.39 is 11.9 Å². The van der Waals surface area contributed by atoms with E-state index in [1.807, 2.05) is 18.2 Å². The highest BCUT2D eigenvalue weighted by Crippen LogP contribution is 2.34.